The van der Waals surface area contributed by atoms with Crippen LogP contribution in [-0.4, -0.2) is 86.2 Å². The van der Waals surface area contributed by atoms with Gasteiger partial charge in [0.05, 0.1) is 0 Å². The highest BCUT2D eigenvalue weighted by molar-refractivity contribution is 5.71. The van der Waals surface area contributed by atoms with E-state index in [1.807, 2.05) is 48.5 Å². The molecule has 8 heteroatoms. The lowest BCUT2D eigenvalue weighted by Crippen LogP contribution is -2.27. The van der Waals surface area contributed by atoms with Crippen LogP contribution in [0.4, 0.5) is 9.59 Å². The number of unbranched alkanes of at least 4 members (excludes halogenated alkanes) is 5. The maximum atomic E-state index is 12.0. The molecule has 0 heterocycles. The zero-order valence-corrected chi connectivity index (χ0v) is 25.5. The molecule has 0 aliphatic carbocycles. The van der Waals surface area contributed by atoms with Gasteiger partial charge in [0.25, 0.3) is 0 Å². The van der Waals surface area contributed by atoms with E-state index in [0.717, 1.165) is 63.2 Å². The molecular weight excluding hydrogens is 504 g/mol. The van der Waals surface area contributed by atoms with Crippen LogP contribution in [0.15, 0.2) is 48.5 Å². The number of nitrogens with zero attached hydrogens (tertiary/aromatic N) is 4. The Morgan fingerprint density at radius 2 is 0.925 bits per heavy atom. The van der Waals surface area contributed by atoms with Crippen LogP contribution in [0.25, 0.3) is 0 Å². The topological polar surface area (TPSA) is 65.6 Å². The van der Waals surface area contributed by atoms with E-state index in [-0.39, 0.29) is 12.2 Å². The van der Waals surface area contributed by atoms with Crippen LogP contribution in [-0.2, 0) is 13.1 Å². The molecule has 222 valence electrons. The Labute approximate surface area is 241 Å². The number of hydrogen-bond donors (Lipinski definition) is 0. The standard InChI is InChI=1S/C32H50N4O4/c1-7-35(25-27-19-13-15-21-29(27)39-31(37)33(3)4)23-17-11-9-10-12-18-24-36(8-2)26-28-20-14-16-22-30(28)40-32(38)34(5)6/h13-16,19-22H,7-12,17-18,23-26H2,1-6H3. The van der Waals surface area contributed by atoms with E-state index >= 15 is 0 Å². The molecule has 0 saturated carbocycles. The Hall–Kier alpha value is -3.10. The van der Waals surface area contributed by atoms with Gasteiger partial charge in [-0.1, -0.05) is 75.9 Å². The molecule has 2 aromatic carbocycles. The normalized spacial score (nSPS) is 11.1. The summed E-state index contributed by atoms with van der Waals surface area (Å²) >= 11 is 0. The lowest BCUT2D eigenvalue weighted by Gasteiger charge is -2.22. The third-order valence-electron chi connectivity index (χ3n) is 6.95. The summed E-state index contributed by atoms with van der Waals surface area (Å²) in [5, 5.41) is 0. The maximum Gasteiger partial charge on any atom is 0.414 e. The number of amides is 2. The van der Waals surface area contributed by atoms with E-state index in [1.165, 1.54) is 35.5 Å². The predicted octanol–water partition coefficient (Wildman–Crippen LogP) is 6.49. The zero-order valence-electron chi connectivity index (χ0n) is 25.5. The number of ether oxygens (including phenoxy) is 2. The molecule has 0 atom stereocenters. The summed E-state index contributed by atoms with van der Waals surface area (Å²) in [6.07, 6.45) is 6.54. The lowest BCUT2D eigenvalue weighted by atomic mass is 10.1. The monoisotopic (exact) mass is 554 g/mol. The summed E-state index contributed by atoms with van der Waals surface area (Å²) in [4.78, 5) is 31.7. The van der Waals surface area contributed by atoms with E-state index in [2.05, 4.69) is 23.6 Å². The van der Waals surface area contributed by atoms with Crippen molar-refractivity contribution in [2.75, 3.05) is 54.4 Å². The largest absolute Gasteiger partial charge is 0.414 e. The molecular formula is C32H50N4O4. The minimum atomic E-state index is -0.354. The van der Waals surface area contributed by atoms with Crippen LogP contribution in [0.1, 0.15) is 63.5 Å². The second-order valence-electron chi connectivity index (χ2n) is 10.6. The first-order valence-corrected chi connectivity index (χ1v) is 14.6. The molecule has 0 saturated heterocycles. The van der Waals surface area contributed by atoms with Gasteiger partial charge >= 0.3 is 12.2 Å². The summed E-state index contributed by atoms with van der Waals surface area (Å²) in [5.74, 6) is 1.28. The summed E-state index contributed by atoms with van der Waals surface area (Å²) < 4.78 is 11.1. The minimum absolute atomic E-state index is 0.354. The van der Waals surface area contributed by atoms with Crippen molar-refractivity contribution in [2.24, 2.45) is 0 Å². The fourth-order valence-electron chi connectivity index (χ4n) is 4.40. The Morgan fingerprint density at radius 3 is 1.27 bits per heavy atom. The highest BCUT2D eigenvalue weighted by Gasteiger charge is 2.14. The number of carbonyl (C=O) groups excluding carboxylic acids is 2. The van der Waals surface area contributed by atoms with E-state index in [1.54, 1.807) is 28.2 Å². The van der Waals surface area contributed by atoms with Gasteiger partial charge in [-0.25, -0.2) is 9.59 Å². The van der Waals surface area contributed by atoms with Crippen molar-refractivity contribution in [3.05, 3.63) is 59.7 Å². The van der Waals surface area contributed by atoms with Crippen molar-refractivity contribution < 1.29 is 19.1 Å². The average Bonchev–Trinajstić information content (AvgIpc) is 2.94. The van der Waals surface area contributed by atoms with Crippen molar-refractivity contribution in [3.63, 3.8) is 0 Å². The molecule has 2 rings (SSSR count). The van der Waals surface area contributed by atoms with Gasteiger partial charge in [0.2, 0.25) is 0 Å². The van der Waals surface area contributed by atoms with Gasteiger partial charge in [0.1, 0.15) is 11.5 Å². The molecule has 2 amide bonds. The highest BCUT2D eigenvalue weighted by atomic mass is 16.6. The fraction of sp³-hybridized carbons (Fsp3) is 0.562. The summed E-state index contributed by atoms with van der Waals surface area (Å²) in [6, 6.07) is 15.6. The van der Waals surface area contributed by atoms with Crippen molar-refractivity contribution in [2.45, 2.75) is 65.5 Å². The van der Waals surface area contributed by atoms with Crippen LogP contribution in [0.5, 0.6) is 11.5 Å². The molecule has 0 bridgehead atoms. The first-order chi connectivity index (χ1) is 19.2. The Balaban J connectivity index is 1.68. The van der Waals surface area contributed by atoms with Crippen LogP contribution >= 0.6 is 0 Å². The lowest BCUT2D eigenvalue weighted by molar-refractivity contribution is 0.169. The van der Waals surface area contributed by atoms with Crippen molar-refractivity contribution in [1.29, 1.82) is 0 Å². The molecule has 40 heavy (non-hydrogen) atoms. The second kappa shape index (κ2) is 18.3. The van der Waals surface area contributed by atoms with Gasteiger partial charge in [-0.05, 0) is 51.2 Å². The van der Waals surface area contributed by atoms with Gasteiger partial charge in [-0.3, -0.25) is 9.80 Å². The van der Waals surface area contributed by atoms with E-state index in [4.69, 9.17) is 9.47 Å². The maximum absolute atomic E-state index is 12.0. The van der Waals surface area contributed by atoms with Crippen molar-refractivity contribution in [1.82, 2.24) is 19.6 Å². The molecule has 0 aliphatic heterocycles. The van der Waals surface area contributed by atoms with Gasteiger partial charge in [0.15, 0.2) is 0 Å². The highest BCUT2D eigenvalue weighted by Crippen LogP contribution is 2.22. The number of para-hydroxylation sites is 2. The molecule has 0 unspecified atom stereocenters. The first kappa shape index (κ1) is 33.1. The van der Waals surface area contributed by atoms with Crippen LogP contribution < -0.4 is 9.47 Å². The molecule has 8 nitrogen and oxygen atoms in total. The third kappa shape index (κ3) is 12.0. The molecule has 0 aliphatic rings. The number of benzene rings is 2. The Bertz CT molecular complexity index is 946. The van der Waals surface area contributed by atoms with E-state index in [0.29, 0.717) is 11.5 Å². The Kier molecular flexibility index (Phi) is 15.1. The minimum Gasteiger partial charge on any atom is -0.410 e. The van der Waals surface area contributed by atoms with Crippen LogP contribution in [0.2, 0.25) is 0 Å². The Morgan fingerprint density at radius 1 is 0.575 bits per heavy atom. The van der Waals surface area contributed by atoms with Gasteiger partial charge in [-0.15, -0.1) is 0 Å². The zero-order chi connectivity index (χ0) is 29.3. The van der Waals surface area contributed by atoms with Crippen molar-refractivity contribution >= 4 is 12.2 Å². The van der Waals surface area contributed by atoms with Gasteiger partial charge in [0, 0.05) is 52.4 Å². The summed E-state index contributed by atoms with van der Waals surface area (Å²) in [7, 11) is 6.76. The molecule has 0 fully saturated rings. The number of carbonyl (C=O) groups is 2. The van der Waals surface area contributed by atoms with Crippen LogP contribution in [0, 0.1) is 0 Å². The molecule has 0 radical (unpaired) electrons. The van der Waals surface area contributed by atoms with Gasteiger partial charge < -0.3 is 19.3 Å². The molecule has 0 aromatic heterocycles. The third-order valence-corrected chi connectivity index (χ3v) is 6.95. The van der Waals surface area contributed by atoms with E-state index < -0.39 is 0 Å². The summed E-state index contributed by atoms with van der Waals surface area (Å²) in [5.41, 5.74) is 2.08. The second-order valence-corrected chi connectivity index (χ2v) is 10.6. The van der Waals surface area contributed by atoms with Crippen LogP contribution in [0.3, 0.4) is 0 Å². The van der Waals surface area contributed by atoms with Gasteiger partial charge in [-0.2, -0.15) is 0 Å². The quantitative estimate of drug-likeness (QED) is 0.208. The molecule has 0 spiro atoms. The fourth-order valence-corrected chi connectivity index (χ4v) is 4.40. The number of rotatable bonds is 17. The summed E-state index contributed by atoms with van der Waals surface area (Å²) in [6.45, 7) is 9.90. The predicted molar refractivity (Wildman–Crippen MR) is 162 cm³/mol. The van der Waals surface area contributed by atoms with E-state index in [9.17, 15) is 9.59 Å². The van der Waals surface area contributed by atoms with Crippen molar-refractivity contribution in [3.8, 4) is 11.5 Å². The smallest absolute Gasteiger partial charge is 0.410 e. The molecule has 0 N–H and O–H groups in total. The first-order valence-electron chi connectivity index (χ1n) is 14.6. The SMILES string of the molecule is CCN(CCCCCCCCN(CC)Cc1ccccc1OC(=O)N(C)C)Cc1ccccc1OC(=O)N(C)C. The molecule has 2 aromatic rings. The average molecular weight is 555 g/mol. The number of hydrogen-bond acceptors (Lipinski definition) is 6.